The SMILES string of the molecule is COC(=O)c1ccccc1S(=O)(=O)N1CCC(c2nc(-c3cc4ccccc4[nH]c3=O)no2)CC1. The number of methoxy groups -OCH3 is 1. The number of sulfonamides is 1. The van der Waals surface area contributed by atoms with Gasteiger partial charge >= 0.3 is 5.97 Å². The van der Waals surface area contributed by atoms with Crippen molar-refractivity contribution in [3.8, 4) is 11.4 Å². The van der Waals surface area contributed by atoms with Crippen LogP contribution >= 0.6 is 0 Å². The van der Waals surface area contributed by atoms with E-state index in [0.29, 0.717) is 29.8 Å². The number of carbonyl (C=O) groups is 1. The number of nitrogens with zero attached hydrogens (tertiary/aromatic N) is 3. The van der Waals surface area contributed by atoms with Crippen LogP contribution in [0.25, 0.3) is 22.3 Å². The molecule has 4 aromatic rings. The quantitative estimate of drug-likeness (QED) is 0.418. The number of fused-ring (bicyclic) bond motifs is 1. The van der Waals surface area contributed by atoms with Crippen molar-refractivity contribution >= 4 is 26.9 Å². The number of H-pyrrole nitrogens is 1. The standard InChI is InChI=1S/C24H22N4O6S/c1-33-24(30)17-7-3-5-9-20(17)35(31,32)28-12-10-15(11-13-28)23-26-21(27-34-23)18-14-16-6-2-4-8-19(16)25-22(18)29/h2-9,14-15H,10-13H2,1H3,(H,25,29). The van der Waals surface area contributed by atoms with Crippen molar-refractivity contribution in [2.75, 3.05) is 20.2 Å². The molecule has 2 aromatic carbocycles. The van der Waals surface area contributed by atoms with Gasteiger partial charge in [0, 0.05) is 24.5 Å². The minimum absolute atomic E-state index is 0.000673. The molecule has 35 heavy (non-hydrogen) atoms. The van der Waals surface area contributed by atoms with Crippen LogP contribution in [0.1, 0.15) is 35.0 Å². The molecule has 1 N–H and O–H groups in total. The second-order valence-corrected chi connectivity index (χ2v) is 10.1. The first-order valence-corrected chi connectivity index (χ1v) is 12.5. The molecule has 5 rings (SSSR count). The summed E-state index contributed by atoms with van der Waals surface area (Å²) in [5.74, 6) is -0.312. The number of pyridine rings is 1. The van der Waals surface area contributed by atoms with Gasteiger partial charge in [-0.25, -0.2) is 13.2 Å². The van der Waals surface area contributed by atoms with Crippen LogP contribution in [0.5, 0.6) is 0 Å². The summed E-state index contributed by atoms with van der Waals surface area (Å²) in [7, 11) is -2.69. The van der Waals surface area contributed by atoms with Gasteiger partial charge in [0.05, 0.1) is 23.1 Å². The first-order chi connectivity index (χ1) is 16.9. The lowest BCUT2D eigenvalue weighted by molar-refractivity contribution is 0.0596. The van der Waals surface area contributed by atoms with E-state index in [9.17, 15) is 18.0 Å². The number of rotatable bonds is 5. The van der Waals surface area contributed by atoms with Crippen LogP contribution < -0.4 is 5.56 Å². The number of esters is 1. The van der Waals surface area contributed by atoms with E-state index in [1.165, 1.54) is 23.5 Å². The van der Waals surface area contributed by atoms with Gasteiger partial charge in [-0.2, -0.15) is 9.29 Å². The molecule has 0 bridgehead atoms. The van der Waals surface area contributed by atoms with E-state index < -0.39 is 16.0 Å². The van der Waals surface area contributed by atoms with Crippen LogP contribution in [0.2, 0.25) is 0 Å². The molecular weight excluding hydrogens is 472 g/mol. The Hall–Kier alpha value is -3.83. The number of piperidine rings is 1. The van der Waals surface area contributed by atoms with Gasteiger partial charge in [-0.3, -0.25) is 4.79 Å². The van der Waals surface area contributed by atoms with Crippen molar-refractivity contribution in [2.24, 2.45) is 0 Å². The number of nitrogens with one attached hydrogen (secondary N) is 1. The molecule has 0 aliphatic carbocycles. The molecule has 11 heteroatoms. The zero-order chi connectivity index (χ0) is 24.6. The molecule has 1 aliphatic rings. The number of benzene rings is 2. The number of carbonyl (C=O) groups excluding carboxylic acids is 1. The topological polar surface area (TPSA) is 135 Å². The molecule has 0 spiro atoms. The number of ether oxygens (including phenoxy) is 1. The average molecular weight is 495 g/mol. The second kappa shape index (κ2) is 9.08. The molecule has 0 amide bonds. The summed E-state index contributed by atoms with van der Waals surface area (Å²) in [4.78, 5) is 31.8. The molecule has 1 aliphatic heterocycles. The lowest BCUT2D eigenvalue weighted by Gasteiger charge is -2.30. The van der Waals surface area contributed by atoms with Crippen molar-refractivity contribution in [3.05, 3.63) is 76.4 Å². The van der Waals surface area contributed by atoms with E-state index in [4.69, 9.17) is 9.26 Å². The van der Waals surface area contributed by atoms with Gasteiger partial charge in [-0.05, 0) is 42.5 Å². The van der Waals surface area contributed by atoms with Gasteiger partial charge in [0.15, 0.2) is 0 Å². The highest BCUT2D eigenvalue weighted by atomic mass is 32.2. The molecule has 0 radical (unpaired) electrons. The molecule has 10 nitrogen and oxygen atoms in total. The smallest absolute Gasteiger partial charge is 0.339 e. The summed E-state index contributed by atoms with van der Waals surface area (Å²) in [5.41, 5.74) is 0.700. The molecule has 3 heterocycles. The Labute approximate surface area is 200 Å². The van der Waals surface area contributed by atoms with Gasteiger partial charge in [0.2, 0.25) is 21.7 Å². The van der Waals surface area contributed by atoms with E-state index in [-0.39, 0.29) is 40.9 Å². The summed E-state index contributed by atoms with van der Waals surface area (Å²) in [6.07, 6.45) is 0.907. The lowest BCUT2D eigenvalue weighted by atomic mass is 9.98. The number of aromatic amines is 1. The molecular formula is C24H22N4O6S. The Morgan fingerprint density at radius 2 is 1.83 bits per heavy atom. The summed E-state index contributed by atoms with van der Waals surface area (Å²) in [5, 5.41) is 4.84. The zero-order valence-corrected chi connectivity index (χ0v) is 19.6. The number of hydrogen-bond donors (Lipinski definition) is 1. The van der Waals surface area contributed by atoms with E-state index in [1.807, 2.05) is 24.3 Å². The van der Waals surface area contributed by atoms with Crippen LogP contribution in [0.15, 0.2) is 68.8 Å². The predicted molar refractivity (Wildman–Crippen MR) is 126 cm³/mol. The lowest BCUT2D eigenvalue weighted by Crippen LogP contribution is -2.38. The Balaban J connectivity index is 1.34. The highest BCUT2D eigenvalue weighted by Crippen LogP contribution is 2.31. The third kappa shape index (κ3) is 4.24. The minimum atomic E-state index is -3.90. The van der Waals surface area contributed by atoms with Crippen LogP contribution in [-0.4, -0.2) is 54.0 Å². The van der Waals surface area contributed by atoms with Crippen LogP contribution in [-0.2, 0) is 14.8 Å². The molecule has 1 fully saturated rings. The molecule has 0 atom stereocenters. The Bertz CT molecular complexity index is 1570. The highest BCUT2D eigenvalue weighted by molar-refractivity contribution is 7.89. The van der Waals surface area contributed by atoms with Gasteiger partial charge in [-0.15, -0.1) is 0 Å². The fourth-order valence-corrected chi connectivity index (χ4v) is 5.93. The summed E-state index contributed by atoms with van der Waals surface area (Å²) in [6.45, 7) is 0.438. The normalized spacial score (nSPS) is 15.3. The van der Waals surface area contributed by atoms with Crippen LogP contribution in [0.4, 0.5) is 0 Å². The fraction of sp³-hybridized carbons (Fsp3) is 0.250. The number of hydrogen-bond acceptors (Lipinski definition) is 8. The van der Waals surface area contributed by atoms with Gasteiger partial charge in [-0.1, -0.05) is 35.5 Å². The fourth-order valence-electron chi connectivity index (χ4n) is 4.28. The van der Waals surface area contributed by atoms with Crippen molar-refractivity contribution in [1.29, 1.82) is 0 Å². The van der Waals surface area contributed by atoms with Crippen molar-refractivity contribution in [1.82, 2.24) is 19.4 Å². The van der Waals surface area contributed by atoms with Gasteiger partial charge < -0.3 is 14.2 Å². The summed E-state index contributed by atoms with van der Waals surface area (Å²) in [6, 6.07) is 15.1. The van der Waals surface area contributed by atoms with E-state index in [1.54, 1.807) is 18.2 Å². The third-order valence-corrected chi connectivity index (χ3v) is 8.11. The Kier molecular flexibility index (Phi) is 5.95. The molecule has 2 aromatic heterocycles. The maximum Gasteiger partial charge on any atom is 0.339 e. The highest BCUT2D eigenvalue weighted by Gasteiger charge is 2.34. The van der Waals surface area contributed by atoms with E-state index in [2.05, 4.69) is 15.1 Å². The van der Waals surface area contributed by atoms with Crippen molar-refractivity contribution in [2.45, 2.75) is 23.7 Å². The second-order valence-electron chi connectivity index (χ2n) is 8.22. The predicted octanol–water partition coefficient (Wildman–Crippen LogP) is 2.93. The molecule has 1 saturated heterocycles. The Morgan fingerprint density at radius 3 is 2.60 bits per heavy atom. The minimum Gasteiger partial charge on any atom is -0.465 e. The van der Waals surface area contributed by atoms with Gasteiger partial charge in [0.25, 0.3) is 5.56 Å². The van der Waals surface area contributed by atoms with Crippen molar-refractivity contribution in [3.63, 3.8) is 0 Å². The van der Waals surface area contributed by atoms with Crippen LogP contribution in [0.3, 0.4) is 0 Å². The monoisotopic (exact) mass is 494 g/mol. The molecule has 0 unspecified atom stereocenters. The number of aromatic nitrogens is 3. The first kappa shape index (κ1) is 22.9. The van der Waals surface area contributed by atoms with Gasteiger partial charge in [0.1, 0.15) is 0 Å². The molecule has 0 saturated carbocycles. The van der Waals surface area contributed by atoms with E-state index >= 15 is 0 Å². The van der Waals surface area contributed by atoms with Crippen molar-refractivity contribution < 1.29 is 22.5 Å². The summed E-state index contributed by atoms with van der Waals surface area (Å²) < 4.78 is 38.0. The van der Waals surface area contributed by atoms with E-state index in [0.717, 1.165) is 5.39 Å². The zero-order valence-electron chi connectivity index (χ0n) is 18.8. The maximum atomic E-state index is 13.2. The first-order valence-electron chi connectivity index (χ1n) is 11.0. The summed E-state index contributed by atoms with van der Waals surface area (Å²) >= 11 is 0. The van der Waals surface area contributed by atoms with Crippen LogP contribution in [0, 0.1) is 0 Å². The molecule has 180 valence electrons. The number of para-hydroxylation sites is 1. The average Bonchev–Trinajstić information content (AvgIpc) is 3.38. The Morgan fingerprint density at radius 1 is 1.11 bits per heavy atom. The largest absolute Gasteiger partial charge is 0.465 e. The third-order valence-electron chi connectivity index (χ3n) is 6.15. The maximum absolute atomic E-state index is 13.2.